The molecule has 66 valence electrons. The summed E-state index contributed by atoms with van der Waals surface area (Å²) in [6, 6.07) is 2.83. The quantitative estimate of drug-likeness (QED) is 0.577. The van der Waals surface area contributed by atoms with E-state index in [-0.39, 0.29) is 23.3 Å². The zero-order valence-electron chi connectivity index (χ0n) is 6.22. The van der Waals surface area contributed by atoms with E-state index in [4.69, 9.17) is 23.2 Å². The zero-order chi connectivity index (χ0) is 9.14. The summed E-state index contributed by atoms with van der Waals surface area (Å²) in [5.41, 5.74) is 1.01. The molecule has 0 aliphatic rings. The Morgan fingerprint density at radius 3 is 1.50 bits per heavy atom. The van der Waals surface area contributed by atoms with E-state index in [9.17, 15) is 10.2 Å². The summed E-state index contributed by atoms with van der Waals surface area (Å²) in [6.45, 7) is 0. The highest BCUT2D eigenvalue weighted by molar-refractivity contribution is 6.17. The van der Waals surface area contributed by atoms with Crippen molar-refractivity contribution in [1.29, 1.82) is 0 Å². The molecule has 2 N–H and O–H groups in total. The average Bonchev–Trinajstić information content (AvgIpc) is 2.08. The summed E-state index contributed by atoms with van der Waals surface area (Å²) in [5, 5.41) is 18.6. The van der Waals surface area contributed by atoms with E-state index >= 15 is 0 Å². The predicted octanol–water partition coefficient (Wildman–Crippen LogP) is 2.58. The Morgan fingerprint density at radius 1 is 0.917 bits per heavy atom. The van der Waals surface area contributed by atoms with E-state index in [2.05, 4.69) is 0 Å². The summed E-state index contributed by atoms with van der Waals surface area (Å²) in [6.07, 6.45) is 0. The second kappa shape index (κ2) is 3.87. The van der Waals surface area contributed by atoms with Crippen molar-refractivity contribution in [3.8, 4) is 11.5 Å². The molecule has 0 aliphatic heterocycles. The number of halogens is 2. The van der Waals surface area contributed by atoms with Crippen molar-refractivity contribution < 1.29 is 10.2 Å². The molecule has 0 spiro atoms. The van der Waals surface area contributed by atoms with Crippen LogP contribution >= 0.6 is 23.2 Å². The van der Waals surface area contributed by atoms with Crippen LogP contribution in [0, 0.1) is 0 Å². The maximum absolute atomic E-state index is 9.29. The summed E-state index contributed by atoms with van der Waals surface area (Å²) in [5.74, 6) is 0.473. The van der Waals surface area contributed by atoms with Crippen LogP contribution in [0.4, 0.5) is 0 Å². The first-order chi connectivity index (χ1) is 5.69. The van der Waals surface area contributed by atoms with Gasteiger partial charge in [-0.1, -0.05) is 0 Å². The van der Waals surface area contributed by atoms with Crippen molar-refractivity contribution >= 4 is 23.2 Å². The van der Waals surface area contributed by atoms with Gasteiger partial charge in [-0.25, -0.2) is 0 Å². The van der Waals surface area contributed by atoms with Crippen LogP contribution in [0.1, 0.15) is 11.1 Å². The molecule has 0 heterocycles. The molecule has 1 rings (SSSR count). The van der Waals surface area contributed by atoms with Gasteiger partial charge in [-0.15, -0.1) is 23.2 Å². The van der Waals surface area contributed by atoms with Gasteiger partial charge in [-0.3, -0.25) is 0 Å². The Bertz CT molecular complexity index is 257. The molecule has 0 radical (unpaired) electrons. The van der Waals surface area contributed by atoms with Gasteiger partial charge in [0, 0.05) is 11.1 Å². The van der Waals surface area contributed by atoms with Gasteiger partial charge in [0.25, 0.3) is 0 Å². The molecule has 0 saturated heterocycles. The molecule has 0 fully saturated rings. The van der Waals surface area contributed by atoms with Crippen molar-refractivity contribution in [3.63, 3.8) is 0 Å². The molecule has 0 unspecified atom stereocenters. The van der Waals surface area contributed by atoms with Crippen molar-refractivity contribution in [2.45, 2.75) is 11.8 Å². The molecule has 1 aromatic rings. The lowest BCUT2D eigenvalue weighted by molar-refractivity contribution is 0.452. The number of hydrogen-bond donors (Lipinski definition) is 2. The molecule has 0 bridgehead atoms. The highest BCUT2D eigenvalue weighted by atomic mass is 35.5. The maximum atomic E-state index is 9.29. The minimum Gasteiger partial charge on any atom is -0.508 e. The van der Waals surface area contributed by atoms with Crippen LogP contribution in [-0.2, 0) is 11.8 Å². The van der Waals surface area contributed by atoms with Crippen molar-refractivity contribution in [3.05, 3.63) is 23.3 Å². The maximum Gasteiger partial charge on any atom is 0.120 e. The highest BCUT2D eigenvalue weighted by Gasteiger charge is 2.06. The first-order valence-corrected chi connectivity index (χ1v) is 4.41. The van der Waals surface area contributed by atoms with Crippen molar-refractivity contribution in [1.82, 2.24) is 0 Å². The molecule has 0 atom stereocenters. The van der Waals surface area contributed by atoms with Crippen molar-refractivity contribution in [2.24, 2.45) is 0 Å². The number of phenols is 2. The average molecular weight is 207 g/mol. The molecule has 4 heteroatoms. The zero-order valence-corrected chi connectivity index (χ0v) is 7.73. The third-order valence-electron chi connectivity index (χ3n) is 1.57. The number of rotatable bonds is 2. The van der Waals surface area contributed by atoms with E-state index in [1.807, 2.05) is 0 Å². The Morgan fingerprint density at radius 2 is 1.25 bits per heavy atom. The molecule has 0 amide bonds. The van der Waals surface area contributed by atoms with Crippen LogP contribution in [0.5, 0.6) is 11.5 Å². The number of alkyl halides is 2. The van der Waals surface area contributed by atoms with Gasteiger partial charge < -0.3 is 10.2 Å². The molecule has 0 saturated carbocycles. The van der Waals surface area contributed by atoms with Crippen LogP contribution in [0.25, 0.3) is 0 Å². The number of benzene rings is 1. The van der Waals surface area contributed by atoms with Crippen LogP contribution in [0.3, 0.4) is 0 Å². The molecule has 12 heavy (non-hydrogen) atoms. The van der Waals surface area contributed by atoms with Crippen molar-refractivity contribution in [2.75, 3.05) is 0 Å². The molecular formula is C8H8Cl2O2. The Labute approximate surface area is 80.4 Å². The van der Waals surface area contributed by atoms with E-state index in [0.717, 1.165) is 0 Å². The van der Waals surface area contributed by atoms with E-state index in [1.54, 1.807) is 0 Å². The molecular weight excluding hydrogens is 199 g/mol. The predicted molar refractivity (Wildman–Crippen MR) is 48.9 cm³/mol. The molecule has 0 aliphatic carbocycles. The number of phenolic OH excluding ortho intramolecular Hbond substituents is 2. The lowest BCUT2D eigenvalue weighted by Crippen LogP contribution is -1.84. The smallest absolute Gasteiger partial charge is 0.120 e. The lowest BCUT2D eigenvalue weighted by Gasteiger charge is -2.05. The third kappa shape index (κ3) is 1.76. The minimum absolute atomic E-state index is 0.0680. The van der Waals surface area contributed by atoms with Gasteiger partial charge in [0.05, 0.1) is 11.8 Å². The normalized spacial score (nSPS) is 10.2. The molecule has 2 nitrogen and oxygen atoms in total. The van der Waals surface area contributed by atoms with Crippen LogP contribution in [-0.4, -0.2) is 10.2 Å². The SMILES string of the molecule is Oc1cc(CCl)c(O)cc1CCl. The van der Waals surface area contributed by atoms with Gasteiger partial charge in [0.1, 0.15) is 11.5 Å². The fourth-order valence-corrected chi connectivity index (χ4v) is 1.31. The minimum atomic E-state index is 0.0680. The van der Waals surface area contributed by atoms with Gasteiger partial charge in [0.2, 0.25) is 0 Å². The topological polar surface area (TPSA) is 40.5 Å². The fraction of sp³-hybridized carbons (Fsp3) is 0.250. The van der Waals surface area contributed by atoms with Crippen LogP contribution < -0.4 is 0 Å². The molecule has 1 aromatic carbocycles. The van der Waals surface area contributed by atoms with Gasteiger partial charge in [-0.05, 0) is 12.1 Å². The number of aromatic hydroxyl groups is 2. The van der Waals surface area contributed by atoms with Gasteiger partial charge >= 0.3 is 0 Å². The van der Waals surface area contributed by atoms with E-state index in [0.29, 0.717) is 11.1 Å². The van der Waals surface area contributed by atoms with E-state index < -0.39 is 0 Å². The van der Waals surface area contributed by atoms with E-state index in [1.165, 1.54) is 12.1 Å². The monoisotopic (exact) mass is 206 g/mol. The third-order valence-corrected chi connectivity index (χ3v) is 2.14. The van der Waals surface area contributed by atoms with Gasteiger partial charge in [-0.2, -0.15) is 0 Å². The summed E-state index contributed by atoms with van der Waals surface area (Å²) < 4.78 is 0. The van der Waals surface area contributed by atoms with Crippen LogP contribution in [0.15, 0.2) is 12.1 Å². The fourth-order valence-electron chi connectivity index (χ4n) is 0.877. The first-order valence-electron chi connectivity index (χ1n) is 3.34. The standard InChI is InChI=1S/C8H8Cl2O2/c9-3-5-1-7(11)6(4-10)2-8(5)12/h1-2,11-12H,3-4H2. The number of hydrogen-bond acceptors (Lipinski definition) is 2. The first kappa shape index (κ1) is 9.49. The summed E-state index contributed by atoms with van der Waals surface area (Å²) >= 11 is 11.0. The Hall–Kier alpha value is -0.600. The summed E-state index contributed by atoms with van der Waals surface area (Å²) in [4.78, 5) is 0. The Balaban J connectivity index is 3.16. The second-order valence-corrected chi connectivity index (χ2v) is 2.91. The van der Waals surface area contributed by atoms with Gasteiger partial charge in [0.15, 0.2) is 0 Å². The lowest BCUT2D eigenvalue weighted by atomic mass is 10.1. The Kier molecular flexibility index (Phi) is 3.06. The summed E-state index contributed by atoms with van der Waals surface area (Å²) in [7, 11) is 0. The molecule has 0 aromatic heterocycles. The van der Waals surface area contributed by atoms with Crippen LogP contribution in [0.2, 0.25) is 0 Å². The second-order valence-electron chi connectivity index (χ2n) is 2.38. The highest BCUT2D eigenvalue weighted by Crippen LogP contribution is 2.29. The largest absolute Gasteiger partial charge is 0.508 e.